The molecule has 0 unspecified atom stereocenters. The minimum atomic E-state index is -0.508. The van der Waals surface area contributed by atoms with Crippen LogP contribution in [0.5, 0.6) is 5.75 Å². The van der Waals surface area contributed by atoms with Gasteiger partial charge >= 0.3 is 0 Å². The SMILES string of the molecule is CC[C@@H](C(=O)NCC(C)C)N(Cc1cccc(OC)c1)C(=O)CSCc1ccccc1C. The number of carbonyl (C=O) groups excluding carboxylic acids is 2. The molecular formula is C26H36N2O3S. The van der Waals surface area contributed by atoms with Crippen molar-refractivity contribution in [3.8, 4) is 5.75 Å². The van der Waals surface area contributed by atoms with E-state index in [1.54, 1.807) is 23.8 Å². The third-order valence-electron chi connectivity index (χ3n) is 5.30. The molecule has 6 heteroatoms. The highest BCUT2D eigenvalue weighted by molar-refractivity contribution is 7.99. The molecule has 1 N–H and O–H groups in total. The van der Waals surface area contributed by atoms with E-state index in [4.69, 9.17) is 4.74 Å². The fourth-order valence-electron chi connectivity index (χ4n) is 3.41. The minimum Gasteiger partial charge on any atom is -0.497 e. The second-order valence-corrected chi connectivity index (χ2v) is 9.34. The van der Waals surface area contributed by atoms with Crippen LogP contribution in [0.2, 0.25) is 0 Å². The van der Waals surface area contributed by atoms with Crippen LogP contribution in [0.3, 0.4) is 0 Å². The Hall–Kier alpha value is -2.47. The van der Waals surface area contributed by atoms with Crippen LogP contribution in [-0.4, -0.2) is 42.2 Å². The summed E-state index contributed by atoms with van der Waals surface area (Å²) >= 11 is 1.59. The second-order valence-electron chi connectivity index (χ2n) is 8.36. The lowest BCUT2D eigenvalue weighted by molar-refractivity contribution is -0.139. The Morgan fingerprint density at radius 2 is 1.88 bits per heavy atom. The molecule has 0 heterocycles. The number of nitrogens with zero attached hydrogens (tertiary/aromatic N) is 1. The van der Waals surface area contributed by atoms with Crippen LogP contribution in [0.15, 0.2) is 48.5 Å². The molecule has 0 bridgehead atoms. The number of aryl methyl sites for hydroxylation is 1. The molecule has 174 valence electrons. The Morgan fingerprint density at radius 1 is 1.12 bits per heavy atom. The molecule has 2 aromatic carbocycles. The van der Waals surface area contributed by atoms with E-state index in [0.717, 1.165) is 17.1 Å². The monoisotopic (exact) mass is 456 g/mol. The topological polar surface area (TPSA) is 58.6 Å². The summed E-state index contributed by atoms with van der Waals surface area (Å²) in [6.45, 7) is 9.11. The molecule has 0 aliphatic carbocycles. The average molecular weight is 457 g/mol. The third kappa shape index (κ3) is 7.90. The van der Waals surface area contributed by atoms with Crippen LogP contribution < -0.4 is 10.1 Å². The lowest BCUT2D eigenvalue weighted by Crippen LogP contribution is -2.50. The van der Waals surface area contributed by atoms with Crippen molar-refractivity contribution in [3.05, 3.63) is 65.2 Å². The van der Waals surface area contributed by atoms with Crippen molar-refractivity contribution in [2.75, 3.05) is 19.4 Å². The van der Waals surface area contributed by atoms with Crippen molar-refractivity contribution in [2.24, 2.45) is 5.92 Å². The van der Waals surface area contributed by atoms with Gasteiger partial charge in [0.05, 0.1) is 12.9 Å². The van der Waals surface area contributed by atoms with Crippen molar-refractivity contribution in [1.82, 2.24) is 10.2 Å². The Kier molecular flexibility index (Phi) is 10.6. The van der Waals surface area contributed by atoms with Crippen molar-refractivity contribution >= 4 is 23.6 Å². The second kappa shape index (κ2) is 13.2. The maximum absolute atomic E-state index is 13.3. The van der Waals surface area contributed by atoms with Crippen LogP contribution in [-0.2, 0) is 21.9 Å². The Balaban J connectivity index is 2.16. The van der Waals surface area contributed by atoms with E-state index >= 15 is 0 Å². The molecule has 2 aromatic rings. The molecule has 5 nitrogen and oxygen atoms in total. The van der Waals surface area contributed by atoms with Gasteiger partial charge in [-0.3, -0.25) is 9.59 Å². The van der Waals surface area contributed by atoms with Gasteiger partial charge in [0.1, 0.15) is 11.8 Å². The largest absolute Gasteiger partial charge is 0.497 e. The number of benzene rings is 2. The lowest BCUT2D eigenvalue weighted by Gasteiger charge is -2.31. The van der Waals surface area contributed by atoms with Gasteiger partial charge in [0.15, 0.2) is 0 Å². The van der Waals surface area contributed by atoms with E-state index in [-0.39, 0.29) is 11.8 Å². The van der Waals surface area contributed by atoms with E-state index in [1.165, 1.54) is 11.1 Å². The Labute approximate surface area is 196 Å². The quantitative estimate of drug-likeness (QED) is 0.498. The molecule has 2 amide bonds. The van der Waals surface area contributed by atoms with Crippen LogP contribution in [0.1, 0.15) is 43.9 Å². The summed E-state index contributed by atoms with van der Waals surface area (Å²) in [5, 5.41) is 3.00. The van der Waals surface area contributed by atoms with Crippen molar-refractivity contribution in [3.63, 3.8) is 0 Å². The molecule has 0 aromatic heterocycles. The number of hydrogen-bond acceptors (Lipinski definition) is 4. The first-order valence-electron chi connectivity index (χ1n) is 11.2. The molecule has 0 aliphatic heterocycles. The zero-order chi connectivity index (χ0) is 23.5. The van der Waals surface area contributed by atoms with E-state index in [1.807, 2.05) is 43.3 Å². The summed E-state index contributed by atoms with van der Waals surface area (Å²) in [5.41, 5.74) is 3.39. The molecule has 0 saturated carbocycles. The molecule has 0 spiro atoms. The maximum Gasteiger partial charge on any atom is 0.242 e. The highest BCUT2D eigenvalue weighted by atomic mass is 32.2. The van der Waals surface area contributed by atoms with E-state index in [2.05, 4.69) is 38.2 Å². The molecule has 32 heavy (non-hydrogen) atoms. The van der Waals surface area contributed by atoms with Gasteiger partial charge in [-0.25, -0.2) is 0 Å². The van der Waals surface area contributed by atoms with E-state index < -0.39 is 6.04 Å². The molecule has 0 fully saturated rings. The Morgan fingerprint density at radius 3 is 2.53 bits per heavy atom. The van der Waals surface area contributed by atoms with Gasteiger partial charge in [0.25, 0.3) is 0 Å². The zero-order valence-corrected chi connectivity index (χ0v) is 20.7. The van der Waals surface area contributed by atoms with Crippen molar-refractivity contribution in [2.45, 2.75) is 52.5 Å². The number of ether oxygens (including phenoxy) is 1. The van der Waals surface area contributed by atoms with Gasteiger partial charge in [0.2, 0.25) is 11.8 Å². The predicted octanol–water partition coefficient (Wildman–Crippen LogP) is 4.82. The van der Waals surface area contributed by atoms with Crippen LogP contribution in [0, 0.1) is 12.8 Å². The minimum absolute atomic E-state index is 0.0297. The maximum atomic E-state index is 13.3. The zero-order valence-electron chi connectivity index (χ0n) is 19.9. The number of hydrogen-bond donors (Lipinski definition) is 1. The highest BCUT2D eigenvalue weighted by Gasteiger charge is 2.28. The Bertz CT molecular complexity index is 885. The fraction of sp³-hybridized carbons (Fsp3) is 0.462. The molecule has 0 radical (unpaired) electrons. The number of thioether (sulfide) groups is 1. The van der Waals surface area contributed by atoms with Crippen LogP contribution >= 0.6 is 11.8 Å². The molecular weight excluding hydrogens is 420 g/mol. The first-order chi connectivity index (χ1) is 15.3. The van der Waals surface area contributed by atoms with Crippen molar-refractivity contribution < 1.29 is 14.3 Å². The summed E-state index contributed by atoms with van der Waals surface area (Å²) in [4.78, 5) is 28.0. The van der Waals surface area contributed by atoms with Gasteiger partial charge in [-0.2, -0.15) is 0 Å². The first-order valence-corrected chi connectivity index (χ1v) is 12.3. The van der Waals surface area contributed by atoms with Crippen molar-refractivity contribution in [1.29, 1.82) is 0 Å². The van der Waals surface area contributed by atoms with Gasteiger partial charge in [-0.1, -0.05) is 57.2 Å². The smallest absolute Gasteiger partial charge is 0.242 e. The van der Waals surface area contributed by atoms with Gasteiger partial charge < -0.3 is 15.0 Å². The summed E-state index contributed by atoms with van der Waals surface area (Å²) in [5.74, 6) is 2.05. The highest BCUT2D eigenvalue weighted by Crippen LogP contribution is 2.20. The number of carbonyl (C=O) groups is 2. The standard InChI is InChI=1S/C26H36N2O3S/c1-6-24(26(30)27-15-19(2)3)28(16-21-11-9-13-23(14-21)31-5)25(29)18-32-17-22-12-8-7-10-20(22)4/h7-14,19,24H,6,15-18H2,1-5H3,(H,27,30)/t24-/m0/s1. The molecule has 2 rings (SSSR count). The lowest BCUT2D eigenvalue weighted by atomic mass is 10.1. The average Bonchev–Trinajstić information content (AvgIpc) is 2.78. The van der Waals surface area contributed by atoms with Crippen LogP contribution in [0.25, 0.3) is 0 Å². The van der Waals surface area contributed by atoms with Gasteiger partial charge in [0, 0.05) is 18.8 Å². The van der Waals surface area contributed by atoms with E-state index in [0.29, 0.717) is 31.2 Å². The summed E-state index contributed by atoms with van der Waals surface area (Å²) in [6, 6.07) is 15.4. The summed E-state index contributed by atoms with van der Waals surface area (Å²) in [7, 11) is 1.62. The normalized spacial score (nSPS) is 11.8. The number of rotatable bonds is 12. The fourth-order valence-corrected chi connectivity index (χ4v) is 4.40. The molecule has 1 atom stereocenters. The molecule has 0 aliphatic rings. The number of nitrogens with one attached hydrogen (secondary N) is 1. The number of methoxy groups -OCH3 is 1. The summed E-state index contributed by atoms with van der Waals surface area (Å²) < 4.78 is 5.33. The first kappa shape index (κ1) is 25.8. The van der Waals surface area contributed by atoms with Gasteiger partial charge in [-0.05, 0) is 48.1 Å². The summed E-state index contributed by atoms with van der Waals surface area (Å²) in [6.07, 6.45) is 0.558. The van der Waals surface area contributed by atoms with Gasteiger partial charge in [-0.15, -0.1) is 11.8 Å². The molecule has 0 saturated heterocycles. The third-order valence-corrected chi connectivity index (χ3v) is 6.27. The van der Waals surface area contributed by atoms with E-state index in [9.17, 15) is 9.59 Å². The number of amides is 2. The predicted molar refractivity (Wildman–Crippen MR) is 133 cm³/mol. The van der Waals surface area contributed by atoms with Crippen LogP contribution in [0.4, 0.5) is 0 Å².